The molecule has 0 spiro atoms. The molecule has 0 N–H and O–H groups in total. The minimum atomic E-state index is 0.115. The summed E-state index contributed by atoms with van der Waals surface area (Å²) in [4.78, 5) is 7.53. The van der Waals surface area contributed by atoms with Crippen molar-refractivity contribution in [2.75, 3.05) is 13.7 Å². The molecule has 0 aromatic carbocycles. The largest absolute Gasteiger partial charge is 0.489 e. The second kappa shape index (κ2) is 4.53. The molecule has 0 unspecified atom stereocenters. The topological polar surface area (TPSA) is 44.2 Å². The normalized spacial score (nSPS) is 9.00. The number of methoxy groups -OCH3 is 1. The van der Waals surface area contributed by atoms with Crippen LogP contribution in [0.5, 0.6) is 11.6 Å². The molecule has 0 atom stereocenters. The van der Waals surface area contributed by atoms with Crippen LogP contribution in [-0.2, 0) is 0 Å². The van der Waals surface area contributed by atoms with E-state index in [9.17, 15) is 0 Å². The minimum absolute atomic E-state index is 0.115. The van der Waals surface area contributed by atoms with Crippen molar-refractivity contribution in [2.45, 2.75) is 0 Å². The van der Waals surface area contributed by atoms with Crippen molar-refractivity contribution >= 4 is 11.6 Å². The van der Waals surface area contributed by atoms with Gasteiger partial charge in [-0.15, -0.1) is 6.42 Å². The predicted octanol–water partition coefficient (Wildman–Crippen LogP) is 1.15. The van der Waals surface area contributed by atoms with E-state index in [-0.39, 0.29) is 17.6 Å². The van der Waals surface area contributed by atoms with Crippen LogP contribution in [0.25, 0.3) is 0 Å². The lowest BCUT2D eigenvalue weighted by molar-refractivity contribution is 0.316. The van der Waals surface area contributed by atoms with Gasteiger partial charge in [0.15, 0.2) is 11.8 Å². The fraction of sp³-hybridized carbons (Fsp3) is 0.250. The van der Waals surface area contributed by atoms with Crippen molar-refractivity contribution in [2.24, 2.45) is 0 Å². The third-order valence-corrected chi connectivity index (χ3v) is 1.49. The minimum Gasteiger partial charge on any atom is -0.489 e. The average molecular weight is 199 g/mol. The van der Waals surface area contributed by atoms with E-state index in [1.54, 1.807) is 0 Å². The molecule has 1 rings (SSSR count). The summed E-state index contributed by atoms with van der Waals surface area (Å²) >= 11 is 5.70. The Bertz CT molecular complexity index is 335. The van der Waals surface area contributed by atoms with E-state index in [2.05, 4.69) is 15.9 Å². The Morgan fingerprint density at radius 3 is 3.00 bits per heavy atom. The molecular weight excluding hydrogens is 192 g/mol. The number of aromatic nitrogens is 2. The Morgan fingerprint density at radius 2 is 2.38 bits per heavy atom. The standard InChI is InChI=1S/C8H7ClN2O2/c1-3-4-13-8-6(12-2)7(9)10-5-11-8/h1,5H,4H2,2H3. The molecule has 0 saturated carbocycles. The van der Waals surface area contributed by atoms with E-state index in [1.165, 1.54) is 13.4 Å². The maximum absolute atomic E-state index is 5.70. The second-order valence-electron chi connectivity index (χ2n) is 2.00. The molecule has 0 saturated heterocycles. The first kappa shape index (κ1) is 9.62. The molecule has 1 aromatic heterocycles. The Morgan fingerprint density at radius 1 is 1.62 bits per heavy atom. The van der Waals surface area contributed by atoms with Crippen molar-refractivity contribution in [3.8, 4) is 24.0 Å². The fourth-order valence-corrected chi connectivity index (χ4v) is 0.923. The number of terminal acetylenes is 1. The van der Waals surface area contributed by atoms with Gasteiger partial charge in [0.05, 0.1) is 7.11 Å². The number of rotatable bonds is 3. The highest BCUT2D eigenvalue weighted by atomic mass is 35.5. The maximum atomic E-state index is 5.70. The van der Waals surface area contributed by atoms with Crippen molar-refractivity contribution in [1.29, 1.82) is 0 Å². The fourth-order valence-electron chi connectivity index (χ4n) is 0.722. The number of ether oxygens (including phenoxy) is 2. The van der Waals surface area contributed by atoms with Crippen LogP contribution in [0.1, 0.15) is 0 Å². The lowest BCUT2D eigenvalue weighted by atomic mass is 10.5. The van der Waals surface area contributed by atoms with Crippen LogP contribution in [0, 0.1) is 12.3 Å². The Labute approximate surface area is 80.9 Å². The first-order chi connectivity index (χ1) is 6.29. The summed E-state index contributed by atoms with van der Waals surface area (Å²) < 4.78 is 9.98. The molecule has 0 fully saturated rings. The van der Waals surface area contributed by atoms with E-state index < -0.39 is 0 Å². The lowest BCUT2D eigenvalue weighted by Crippen LogP contribution is -2.00. The van der Waals surface area contributed by atoms with E-state index >= 15 is 0 Å². The highest BCUT2D eigenvalue weighted by Gasteiger charge is 2.10. The summed E-state index contributed by atoms with van der Waals surface area (Å²) in [5, 5.41) is 0.199. The monoisotopic (exact) mass is 198 g/mol. The van der Waals surface area contributed by atoms with Crippen LogP contribution in [0.3, 0.4) is 0 Å². The summed E-state index contributed by atoms with van der Waals surface area (Å²) in [5.74, 6) is 2.85. The quantitative estimate of drug-likeness (QED) is 0.540. The van der Waals surface area contributed by atoms with Gasteiger partial charge < -0.3 is 9.47 Å². The molecule has 1 aromatic rings. The van der Waals surface area contributed by atoms with Crippen molar-refractivity contribution in [1.82, 2.24) is 9.97 Å². The SMILES string of the molecule is C#CCOc1ncnc(Cl)c1OC. The summed E-state index contributed by atoms with van der Waals surface area (Å²) in [7, 11) is 1.45. The molecule has 5 heteroatoms. The van der Waals surface area contributed by atoms with Gasteiger partial charge in [-0.25, -0.2) is 4.98 Å². The average Bonchev–Trinajstić information content (AvgIpc) is 2.15. The summed E-state index contributed by atoms with van der Waals surface area (Å²) in [6.45, 7) is 0.115. The van der Waals surface area contributed by atoms with E-state index in [1.807, 2.05) is 0 Å². The van der Waals surface area contributed by atoms with Gasteiger partial charge in [0.25, 0.3) is 5.88 Å². The van der Waals surface area contributed by atoms with Crippen LogP contribution in [0.4, 0.5) is 0 Å². The maximum Gasteiger partial charge on any atom is 0.262 e. The first-order valence-electron chi connectivity index (χ1n) is 3.40. The predicted molar refractivity (Wildman–Crippen MR) is 47.9 cm³/mol. The third kappa shape index (κ3) is 2.23. The molecule has 0 bridgehead atoms. The van der Waals surface area contributed by atoms with Crippen LogP contribution in [0.15, 0.2) is 6.33 Å². The number of hydrogen-bond donors (Lipinski definition) is 0. The molecule has 13 heavy (non-hydrogen) atoms. The number of halogens is 1. The van der Waals surface area contributed by atoms with Gasteiger partial charge in [0.1, 0.15) is 6.33 Å². The van der Waals surface area contributed by atoms with Crippen LogP contribution in [-0.4, -0.2) is 23.7 Å². The second-order valence-corrected chi connectivity index (χ2v) is 2.35. The summed E-state index contributed by atoms with van der Waals surface area (Å²) in [6, 6.07) is 0. The van der Waals surface area contributed by atoms with E-state index in [4.69, 9.17) is 27.5 Å². The molecular formula is C8H7ClN2O2. The highest BCUT2D eigenvalue weighted by Crippen LogP contribution is 2.29. The van der Waals surface area contributed by atoms with Gasteiger partial charge in [-0.1, -0.05) is 17.5 Å². The molecule has 4 nitrogen and oxygen atoms in total. The van der Waals surface area contributed by atoms with E-state index in [0.29, 0.717) is 5.75 Å². The molecule has 68 valence electrons. The number of nitrogens with zero attached hydrogens (tertiary/aromatic N) is 2. The van der Waals surface area contributed by atoms with Crippen molar-refractivity contribution in [3.05, 3.63) is 11.5 Å². The van der Waals surface area contributed by atoms with Gasteiger partial charge >= 0.3 is 0 Å². The Hall–Kier alpha value is -1.47. The Kier molecular flexibility index (Phi) is 3.35. The molecule has 0 aliphatic heterocycles. The molecule has 0 aliphatic rings. The van der Waals surface area contributed by atoms with Gasteiger partial charge in [-0.2, -0.15) is 4.98 Å². The zero-order valence-corrected chi connectivity index (χ0v) is 7.71. The van der Waals surface area contributed by atoms with Gasteiger partial charge in [0, 0.05) is 0 Å². The smallest absolute Gasteiger partial charge is 0.262 e. The zero-order valence-electron chi connectivity index (χ0n) is 6.95. The summed E-state index contributed by atoms with van der Waals surface area (Å²) in [6.07, 6.45) is 6.29. The van der Waals surface area contributed by atoms with Gasteiger partial charge in [-0.05, 0) is 0 Å². The third-order valence-electron chi connectivity index (χ3n) is 1.22. The molecule has 0 amide bonds. The zero-order chi connectivity index (χ0) is 9.68. The van der Waals surface area contributed by atoms with Crippen LogP contribution in [0.2, 0.25) is 5.15 Å². The van der Waals surface area contributed by atoms with Crippen molar-refractivity contribution < 1.29 is 9.47 Å². The molecule has 1 heterocycles. The van der Waals surface area contributed by atoms with Gasteiger partial charge in [-0.3, -0.25) is 0 Å². The highest BCUT2D eigenvalue weighted by molar-refractivity contribution is 6.31. The van der Waals surface area contributed by atoms with E-state index in [0.717, 1.165) is 0 Å². The summed E-state index contributed by atoms with van der Waals surface area (Å²) in [5.41, 5.74) is 0. The Balaban J connectivity index is 2.93. The lowest BCUT2D eigenvalue weighted by Gasteiger charge is -2.06. The molecule has 0 aliphatic carbocycles. The molecule has 0 radical (unpaired) electrons. The van der Waals surface area contributed by atoms with Crippen LogP contribution >= 0.6 is 11.6 Å². The van der Waals surface area contributed by atoms with Gasteiger partial charge in [0.2, 0.25) is 5.75 Å². The first-order valence-corrected chi connectivity index (χ1v) is 3.78. The number of hydrogen-bond acceptors (Lipinski definition) is 4. The van der Waals surface area contributed by atoms with Crippen LogP contribution < -0.4 is 9.47 Å². The van der Waals surface area contributed by atoms with Crippen molar-refractivity contribution in [3.63, 3.8) is 0 Å².